The average molecular weight is 447 g/mol. The smallest absolute Gasteiger partial charge is 0.247 e. The summed E-state index contributed by atoms with van der Waals surface area (Å²) < 4.78 is 11.1. The third kappa shape index (κ3) is 3.39. The minimum atomic E-state index is -0.284. The van der Waals surface area contributed by atoms with Crippen LogP contribution >= 0.6 is 0 Å². The summed E-state index contributed by atoms with van der Waals surface area (Å²) in [6.07, 6.45) is 4.12. The maximum atomic E-state index is 13.5. The summed E-state index contributed by atoms with van der Waals surface area (Å²) >= 11 is 0. The predicted octanol–water partition coefficient (Wildman–Crippen LogP) is 4.96. The number of nitrogens with zero attached hydrogens (tertiary/aromatic N) is 2. The van der Waals surface area contributed by atoms with Crippen LogP contribution in [-0.2, 0) is 11.2 Å². The first-order valence-corrected chi connectivity index (χ1v) is 11.2. The second-order valence-electron chi connectivity index (χ2n) is 8.43. The molecule has 1 N–H and O–H groups in total. The van der Waals surface area contributed by atoms with Gasteiger partial charge in [-0.3, -0.25) is 4.79 Å². The van der Waals surface area contributed by atoms with Gasteiger partial charge in [-0.05, 0) is 59.5 Å². The van der Waals surface area contributed by atoms with Gasteiger partial charge in [-0.2, -0.15) is 5.26 Å². The fourth-order valence-corrected chi connectivity index (χ4v) is 4.88. The van der Waals surface area contributed by atoms with E-state index in [1.54, 1.807) is 24.3 Å². The molecule has 3 aromatic carbocycles. The number of H-pyrrole nitrogens is 1. The number of rotatable bonds is 3. The Labute approximate surface area is 196 Å². The van der Waals surface area contributed by atoms with Crippen LogP contribution in [0.25, 0.3) is 17.0 Å². The monoisotopic (exact) mass is 447 g/mol. The molecule has 2 aliphatic heterocycles. The molecule has 0 saturated carbocycles. The third-order valence-corrected chi connectivity index (χ3v) is 6.46. The number of ether oxygens (including phenoxy) is 2. The quantitative estimate of drug-likeness (QED) is 0.451. The molecule has 0 radical (unpaired) electrons. The molecule has 0 saturated heterocycles. The number of nitriles is 1. The SMILES string of the molecule is N#Cc1cccc(/C=C/C(=O)N2CCc3c([nH]c4ccccc34)C2c2ccc3c(c2)OCO3)c1. The third-order valence-electron chi connectivity index (χ3n) is 6.46. The van der Waals surface area contributed by atoms with Gasteiger partial charge in [0.05, 0.1) is 17.7 Å². The van der Waals surface area contributed by atoms with E-state index >= 15 is 0 Å². The van der Waals surface area contributed by atoms with E-state index in [-0.39, 0.29) is 18.7 Å². The maximum absolute atomic E-state index is 13.5. The van der Waals surface area contributed by atoms with Crippen molar-refractivity contribution in [2.45, 2.75) is 12.5 Å². The fraction of sp³-hybridized carbons (Fsp3) is 0.143. The summed E-state index contributed by atoms with van der Waals surface area (Å²) in [5, 5.41) is 10.3. The molecule has 4 aromatic rings. The molecule has 1 unspecified atom stereocenters. The summed E-state index contributed by atoms with van der Waals surface area (Å²) in [5.41, 5.74) is 5.68. The molecular weight excluding hydrogens is 426 g/mol. The van der Waals surface area contributed by atoms with Crippen LogP contribution in [0.5, 0.6) is 11.5 Å². The molecule has 6 nitrogen and oxygen atoms in total. The molecule has 1 atom stereocenters. The zero-order valence-corrected chi connectivity index (χ0v) is 18.3. The Morgan fingerprint density at radius 3 is 2.85 bits per heavy atom. The maximum Gasteiger partial charge on any atom is 0.247 e. The molecule has 0 fully saturated rings. The van der Waals surface area contributed by atoms with Gasteiger partial charge in [0.2, 0.25) is 12.7 Å². The highest BCUT2D eigenvalue weighted by molar-refractivity contribution is 5.93. The summed E-state index contributed by atoms with van der Waals surface area (Å²) in [6, 6.07) is 23.2. The van der Waals surface area contributed by atoms with Crippen molar-refractivity contribution in [3.63, 3.8) is 0 Å². The lowest BCUT2D eigenvalue weighted by Crippen LogP contribution is -2.39. The van der Waals surface area contributed by atoms with Crippen LogP contribution in [0.4, 0.5) is 0 Å². The first-order valence-electron chi connectivity index (χ1n) is 11.2. The minimum absolute atomic E-state index is 0.0886. The Hall–Kier alpha value is -4.50. The fourth-order valence-electron chi connectivity index (χ4n) is 4.88. The molecule has 1 amide bonds. The highest BCUT2D eigenvalue weighted by Gasteiger charge is 2.34. The predicted molar refractivity (Wildman–Crippen MR) is 128 cm³/mol. The van der Waals surface area contributed by atoms with Crippen molar-refractivity contribution in [2.24, 2.45) is 0 Å². The molecule has 0 bridgehead atoms. The van der Waals surface area contributed by atoms with Crippen LogP contribution in [0.15, 0.2) is 72.8 Å². The summed E-state index contributed by atoms with van der Waals surface area (Å²) in [7, 11) is 0. The number of amides is 1. The molecule has 2 aliphatic rings. The first kappa shape index (κ1) is 20.1. The molecule has 34 heavy (non-hydrogen) atoms. The summed E-state index contributed by atoms with van der Waals surface area (Å²) in [6.45, 7) is 0.795. The van der Waals surface area contributed by atoms with Gasteiger partial charge < -0.3 is 19.4 Å². The number of aromatic nitrogens is 1. The van der Waals surface area contributed by atoms with E-state index in [1.165, 1.54) is 10.9 Å². The van der Waals surface area contributed by atoms with Gasteiger partial charge >= 0.3 is 0 Å². The molecule has 0 aliphatic carbocycles. The zero-order valence-electron chi connectivity index (χ0n) is 18.3. The number of para-hydroxylation sites is 1. The molecule has 3 heterocycles. The molecule has 0 spiro atoms. The van der Waals surface area contributed by atoms with Gasteiger partial charge in [0.25, 0.3) is 0 Å². The van der Waals surface area contributed by atoms with Crippen LogP contribution in [0, 0.1) is 11.3 Å². The zero-order chi connectivity index (χ0) is 23.1. The van der Waals surface area contributed by atoms with Gasteiger partial charge in [0.1, 0.15) is 0 Å². The second kappa shape index (κ2) is 8.13. The van der Waals surface area contributed by atoms with Crippen molar-refractivity contribution in [2.75, 3.05) is 13.3 Å². The van der Waals surface area contributed by atoms with Crippen molar-refractivity contribution >= 4 is 22.9 Å². The van der Waals surface area contributed by atoms with E-state index in [2.05, 4.69) is 23.2 Å². The Kier molecular flexibility index (Phi) is 4.81. The molecule has 6 rings (SSSR count). The first-order chi connectivity index (χ1) is 16.7. The molecule has 1 aromatic heterocycles. The number of nitrogens with one attached hydrogen (secondary N) is 1. The molecule has 166 valence electrons. The summed E-state index contributed by atoms with van der Waals surface area (Å²) in [4.78, 5) is 18.9. The Balaban J connectivity index is 1.41. The van der Waals surface area contributed by atoms with Gasteiger partial charge in [-0.25, -0.2) is 0 Å². The topological polar surface area (TPSA) is 78.4 Å². The lowest BCUT2D eigenvalue weighted by atomic mass is 9.92. The van der Waals surface area contributed by atoms with Crippen molar-refractivity contribution in [3.8, 4) is 17.6 Å². The van der Waals surface area contributed by atoms with Crippen LogP contribution in [0.1, 0.15) is 34.0 Å². The largest absolute Gasteiger partial charge is 0.454 e. The van der Waals surface area contributed by atoms with Crippen LogP contribution in [0.3, 0.4) is 0 Å². The number of aromatic amines is 1. The van der Waals surface area contributed by atoms with Crippen molar-refractivity contribution in [3.05, 3.63) is 101 Å². The Bertz CT molecular complexity index is 1490. The standard InChI is InChI=1S/C28H21N3O3/c29-16-19-5-3-4-18(14-19)8-11-26(32)31-13-12-22-21-6-1-2-7-23(21)30-27(22)28(31)20-9-10-24-25(15-20)34-17-33-24/h1-11,14-15,28,30H,12-13,17H2/b11-8+. The van der Waals surface area contributed by atoms with Crippen LogP contribution in [0.2, 0.25) is 0 Å². The van der Waals surface area contributed by atoms with Gasteiger partial charge in [-0.1, -0.05) is 36.4 Å². The lowest BCUT2D eigenvalue weighted by molar-refractivity contribution is -0.128. The normalized spacial score (nSPS) is 16.6. The average Bonchev–Trinajstić information content (AvgIpc) is 3.50. The number of fused-ring (bicyclic) bond motifs is 4. The molecular formula is C28H21N3O3. The Morgan fingerprint density at radius 1 is 1.06 bits per heavy atom. The van der Waals surface area contributed by atoms with Crippen molar-refractivity contribution in [1.82, 2.24) is 9.88 Å². The van der Waals surface area contributed by atoms with Crippen molar-refractivity contribution < 1.29 is 14.3 Å². The number of benzene rings is 3. The minimum Gasteiger partial charge on any atom is -0.454 e. The van der Waals surface area contributed by atoms with E-state index in [9.17, 15) is 4.79 Å². The van der Waals surface area contributed by atoms with Crippen LogP contribution < -0.4 is 9.47 Å². The highest BCUT2D eigenvalue weighted by Crippen LogP contribution is 2.42. The van der Waals surface area contributed by atoms with E-state index in [0.29, 0.717) is 23.6 Å². The van der Waals surface area contributed by atoms with Gasteiger partial charge in [-0.15, -0.1) is 0 Å². The van der Waals surface area contributed by atoms with E-state index in [0.717, 1.165) is 28.8 Å². The molecule has 6 heteroatoms. The lowest BCUT2D eigenvalue weighted by Gasteiger charge is -2.35. The van der Waals surface area contributed by atoms with Crippen molar-refractivity contribution in [1.29, 1.82) is 5.26 Å². The highest BCUT2D eigenvalue weighted by atomic mass is 16.7. The number of hydrogen-bond acceptors (Lipinski definition) is 4. The second-order valence-corrected chi connectivity index (χ2v) is 8.43. The van der Waals surface area contributed by atoms with Gasteiger partial charge in [0.15, 0.2) is 11.5 Å². The van der Waals surface area contributed by atoms with E-state index < -0.39 is 0 Å². The van der Waals surface area contributed by atoms with Gasteiger partial charge in [0, 0.05) is 29.2 Å². The number of carbonyl (C=O) groups is 1. The number of hydrogen-bond donors (Lipinski definition) is 1. The summed E-state index contributed by atoms with van der Waals surface area (Å²) in [5.74, 6) is 1.32. The van der Waals surface area contributed by atoms with E-state index in [4.69, 9.17) is 14.7 Å². The van der Waals surface area contributed by atoms with Crippen LogP contribution in [-0.4, -0.2) is 29.1 Å². The Morgan fingerprint density at radius 2 is 1.94 bits per heavy atom. The van der Waals surface area contributed by atoms with E-state index in [1.807, 2.05) is 47.4 Å². The number of carbonyl (C=O) groups excluding carboxylic acids is 1.